The van der Waals surface area contributed by atoms with E-state index in [1.54, 1.807) is 19.1 Å². The van der Waals surface area contributed by atoms with E-state index in [9.17, 15) is 0 Å². The van der Waals surface area contributed by atoms with E-state index < -0.39 is 0 Å². The topological polar surface area (TPSA) is 21.3 Å². The summed E-state index contributed by atoms with van der Waals surface area (Å²) in [7, 11) is 1.72. The van der Waals surface area contributed by atoms with Crippen LogP contribution < -0.4 is 9.46 Å². The zero-order valence-corrected chi connectivity index (χ0v) is 12.7. The van der Waals surface area contributed by atoms with Crippen LogP contribution in [0.25, 0.3) is 11.1 Å². The Hall–Kier alpha value is -1.61. The van der Waals surface area contributed by atoms with E-state index in [0.29, 0.717) is 0 Å². The molecule has 0 amide bonds. The van der Waals surface area contributed by atoms with Gasteiger partial charge in [0.05, 0.1) is 7.11 Å². The normalized spacial score (nSPS) is 14.1. The molecule has 0 unspecified atom stereocenters. The summed E-state index contributed by atoms with van der Waals surface area (Å²) < 4.78 is 8.76. The monoisotopic (exact) mass is 285 g/mol. The fourth-order valence-corrected chi connectivity index (χ4v) is 2.83. The van der Waals surface area contributed by atoms with Crippen molar-refractivity contribution < 1.29 is 4.74 Å². The zero-order valence-electron chi connectivity index (χ0n) is 11.8. The first-order chi connectivity index (χ1) is 9.81. The van der Waals surface area contributed by atoms with Crippen LogP contribution >= 0.6 is 11.9 Å². The maximum absolute atomic E-state index is 5.49. The maximum atomic E-state index is 5.49. The molecular formula is C17H19NOS. The number of benzene rings is 2. The first kappa shape index (κ1) is 13.4. The van der Waals surface area contributed by atoms with Crippen LogP contribution in [-0.2, 0) is 0 Å². The molecule has 1 saturated carbocycles. The highest BCUT2D eigenvalue weighted by Gasteiger charge is 2.23. The zero-order chi connectivity index (χ0) is 13.9. The van der Waals surface area contributed by atoms with Gasteiger partial charge < -0.3 is 9.46 Å². The van der Waals surface area contributed by atoms with Crippen molar-refractivity contribution in [3.05, 3.63) is 48.0 Å². The first-order valence-electron chi connectivity index (χ1n) is 6.89. The van der Waals surface area contributed by atoms with Gasteiger partial charge >= 0.3 is 0 Å². The molecule has 1 aliphatic carbocycles. The van der Waals surface area contributed by atoms with Gasteiger partial charge in [0.2, 0.25) is 0 Å². The highest BCUT2D eigenvalue weighted by atomic mass is 32.2. The van der Waals surface area contributed by atoms with Gasteiger partial charge in [-0.15, -0.1) is 0 Å². The second-order valence-electron chi connectivity index (χ2n) is 5.12. The van der Waals surface area contributed by atoms with Gasteiger partial charge in [-0.1, -0.05) is 36.2 Å². The lowest BCUT2D eigenvalue weighted by Gasteiger charge is -2.12. The van der Waals surface area contributed by atoms with Crippen molar-refractivity contribution >= 4 is 17.6 Å². The number of hydrogen-bond donors (Lipinski definition) is 1. The molecule has 104 valence electrons. The third-order valence-electron chi connectivity index (χ3n) is 3.69. The van der Waals surface area contributed by atoms with E-state index in [1.807, 2.05) is 18.4 Å². The summed E-state index contributed by atoms with van der Waals surface area (Å²) >= 11 is 1.60. The molecule has 2 aromatic carbocycles. The molecule has 3 rings (SSSR count). The van der Waals surface area contributed by atoms with Crippen molar-refractivity contribution in [3.63, 3.8) is 0 Å². The van der Waals surface area contributed by atoms with Crippen LogP contribution in [0.5, 0.6) is 5.75 Å². The summed E-state index contributed by atoms with van der Waals surface area (Å²) in [6.45, 7) is 0. The summed E-state index contributed by atoms with van der Waals surface area (Å²) in [5.41, 5.74) is 4.90. The number of hydrogen-bond acceptors (Lipinski definition) is 3. The lowest BCUT2D eigenvalue weighted by atomic mass is 10.0. The molecule has 1 N–H and O–H groups in total. The Morgan fingerprint density at radius 2 is 1.85 bits per heavy atom. The lowest BCUT2D eigenvalue weighted by Crippen LogP contribution is -1.91. The Labute approximate surface area is 124 Å². The van der Waals surface area contributed by atoms with Crippen molar-refractivity contribution in [1.82, 2.24) is 0 Å². The predicted molar refractivity (Wildman–Crippen MR) is 87.5 cm³/mol. The van der Waals surface area contributed by atoms with Gasteiger partial charge in [-0.3, -0.25) is 0 Å². The fraction of sp³-hybridized carbons (Fsp3) is 0.294. The second-order valence-corrected chi connectivity index (χ2v) is 5.73. The first-order valence-corrected chi connectivity index (χ1v) is 8.11. The van der Waals surface area contributed by atoms with Crippen molar-refractivity contribution in [2.75, 3.05) is 18.1 Å². The van der Waals surface area contributed by atoms with E-state index in [1.165, 1.54) is 24.0 Å². The summed E-state index contributed by atoms with van der Waals surface area (Å²) in [6, 6.07) is 15.1. The minimum absolute atomic E-state index is 0.801. The van der Waals surface area contributed by atoms with Crippen LogP contribution in [0.1, 0.15) is 24.3 Å². The maximum Gasteiger partial charge on any atom is 0.126 e. The lowest BCUT2D eigenvalue weighted by molar-refractivity contribution is 0.416. The van der Waals surface area contributed by atoms with Gasteiger partial charge in [0.1, 0.15) is 5.75 Å². The molecule has 2 aromatic rings. The molecule has 0 aliphatic heterocycles. The molecule has 0 bridgehead atoms. The van der Waals surface area contributed by atoms with Crippen LogP contribution in [0.3, 0.4) is 0 Å². The van der Waals surface area contributed by atoms with Crippen molar-refractivity contribution in [2.24, 2.45) is 0 Å². The molecule has 20 heavy (non-hydrogen) atoms. The quantitative estimate of drug-likeness (QED) is 0.787. The molecule has 0 heterocycles. The number of ether oxygens (including phenoxy) is 1. The van der Waals surface area contributed by atoms with Gasteiger partial charge in [0.15, 0.2) is 0 Å². The smallest absolute Gasteiger partial charge is 0.126 e. The average molecular weight is 285 g/mol. The van der Waals surface area contributed by atoms with E-state index in [0.717, 1.165) is 22.9 Å². The van der Waals surface area contributed by atoms with Crippen molar-refractivity contribution in [1.29, 1.82) is 0 Å². The van der Waals surface area contributed by atoms with Gasteiger partial charge in [0, 0.05) is 17.5 Å². The molecule has 0 aromatic heterocycles. The van der Waals surface area contributed by atoms with E-state index in [-0.39, 0.29) is 0 Å². The molecular weight excluding hydrogens is 266 g/mol. The standard InChI is InChI=1S/C17H19NOS/c1-19-17-10-9-15(18-20-2)11-16(17)14-7-5-13(6-8-14)12-3-4-12/h5-12,18H,3-4H2,1-2H3. The van der Waals surface area contributed by atoms with Crippen LogP contribution in [0.4, 0.5) is 5.69 Å². The van der Waals surface area contributed by atoms with E-state index >= 15 is 0 Å². The summed E-state index contributed by atoms with van der Waals surface area (Å²) in [4.78, 5) is 0. The van der Waals surface area contributed by atoms with Crippen molar-refractivity contribution in [2.45, 2.75) is 18.8 Å². The van der Waals surface area contributed by atoms with Crippen molar-refractivity contribution in [3.8, 4) is 16.9 Å². The fourth-order valence-electron chi connectivity index (χ4n) is 2.47. The molecule has 2 nitrogen and oxygen atoms in total. The molecule has 0 radical (unpaired) electrons. The minimum atomic E-state index is 0.801. The van der Waals surface area contributed by atoms with Gasteiger partial charge in [-0.25, -0.2) is 0 Å². The Morgan fingerprint density at radius 1 is 1.10 bits per heavy atom. The van der Waals surface area contributed by atoms with Crippen LogP contribution in [-0.4, -0.2) is 13.4 Å². The molecule has 3 heteroatoms. The summed E-state index contributed by atoms with van der Waals surface area (Å²) in [6.07, 6.45) is 4.71. The van der Waals surface area contributed by atoms with E-state index in [4.69, 9.17) is 4.74 Å². The van der Waals surface area contributed by atoms with Crippen LogP contribution in [0.15, 0.2) is 42.5 Å². The molecule has 0 saturated heterocycles. The number of anilines is 1. The molecule has 1 aliphatic rings. The predicted octanol–water partition coefficient (Wildman–Crippen LogP) is 4.93. The minimum Gasteiger partial charge on any atom is -0.496 e. The number of methoxy groups -OCH3 is 1. The summed E-state index contributed by atoms with van der Waals surface area (Å²) in [5, 5.41) is 0. The second kappa shape index (κ2) is 5.80. The Bertz CT molecular complexity index is 590. The number of rotatable bonds is 5. The van der Waals surface area contributed by atoms with Gasteiger partial charge in [-0.05, 0) is 48.1 Å². The SMILES string of the molecule is COc1ccc(NSC)cc1-c1ccc(C2CC2)cc1. The largest absolute Gasteiger partial charge is 0.496 e. The Balaban J connectivity index is 1.95. The third-order valence-corrected chi connectivity index (χ3v) is 4.13. The Morgan fingerprint density at radius 3 is 2.45 bits per heavy atom. The highest BCUT2D eigenvalue weighted by molar-refractivity contribution is 7.99. The molecule has 0 atom stereocenters. The highest BCUT2D eigenvalue weighted by Crippen LogP contribution is 2.41. The third kappa shape index (κ3) is 2.78. The van der Waals surface area contributed by atoms with Crippen LogP contribution in [0, 0.1) is 0 Å². The van der Waals surface area contributed by atoms with E-state index in [2.05, 4.69) is 35.1 Å². The Kier molecular flexibility index (Phi) is 3.88. The number of nitrogens with one attached hydrogen (secondary N) is 1. The summed E-state index contributed by atoms with van der Waals surface area (Å²) in [5.74, 6) is 1.71. The molecule has 1 fully saturated rings. The van der Waals surface area contributed by atoms with Gasteiger partial charge in [0.25, 0.3) is 0 Å². The van der Waals surface area contributed by atoms with Gasteiger partial charge in [-0.2, -0.15) is 0 Å². The molecule has 0 spiro atoms. The average Bonchev–Trinajstić information content (AvgIpc) is 3.32. The van der Waals surface area contributed by atoms with Crippen LogP contribution in [0.2, 0.25) is 0 Å².